The van der Waals surface area contributed by atoms with E-state index in [0.29, 0.717) is 6.61 Å². The molecule has 0 fully saturated rings. The number of amides is 1. The molecule has 1 amide bonds. The molecule has 0 saturated heterocycles. The minimum absolute atomic E-state index is 0.303. The summed E-state index contributed by atoms with van der Waals surface area (Å²) < 4.78 is 0. The number of hydrogen-bond acceptors (Lipinski definition) is 3. The summed E-state index contributed by atoms with van der Waals surface area (Å²) >= 11 is 0. The Morgan fingerprint density at radius 2 is 1.65 bits per heavy atom. The van der Waals surface area contributed by atoms with Gasteiger partial charge in [-0.3, -0.25) is 9.63 Å². The van der Waals surface area contributed by atoms with Gasteiger partial charge < -0.3 is 5.73 Å². The standard InChI is InChI=1S/C16H18N2O2/c1-16(17,14-10-6-3-7-11-14)15(19)18-20-12-13-8-4-2-5-9-13/h2-11H,12,17H2,1H3,(H,18,19). The monoisotopic (exact) mass is 270 g/mol. The summed E-state index contributed by atoms with van der Waals surface area (Å²) in [5, 5.41) is 0. The van der Waals surface area contributed by atoms with Crippen molar-refractivity contribution in [3.8, 4) is 0 Å². The van der Waals surface area contributed by atoms with Crippen LogP contribution in [0.4, 0.5) is 0 Å². The minimum atomic E-state index is -1.13. The van der Waals surface area contributed by atoms with E-state index in [1.807, 2.05) is 60.7 Å². The largest absolute Gasteiger partial charge is 0.314 e. The lowest BCUT2D eigenvalue weighted by atomic mass is 9.93. The van der Waals surface area contributed by atoms with E-state index in [9.17, 15) is 4.79 Å². The number of benzene rings is 2. The van der Waals surface area contributed by atoms with Crippen molar-refractivity contribution in [2.45, 2.75) is 19.1 Å². The number of carbonyl (C=O) groups excluding carboxylic acids is 1. The zero-order valence-electron chi connectivity index (χ0n) is 11.4. The molecule has 2 aromatic rings. The third kappa shape index (κ3) is 3.44. The first-order chi connectivity index (χ1) is 9.60. The molecule has 2 aromatic carbocycles. The number of hydrogen-bond donors (Lipinski definition) is 2. The fraction of sp³-hybridized carbons (Fsp3) is 0.188. The van der Waals surface area contributed by atoms with Crippen LogP contribution in [-0.4, -0.2) is 5.91 Å². The SMILES string of the molecule is CC(N)(C(=O)NOCc1ccccc1)c1ccccc1. The molecule has 0 aromatic heterocycles. The van der Waals surface area contributed by atoms with Crippen molar-refractivity contribution in [2.75, 3.05) is 0 Å². The second kappa shape index (κ2) is 6.32. The molecule has 0 aliphatic heterocycles. The van der Waals surface area contributed by atoms with Gasteiger partial charge in [0.25, 0.3) is 5.91 Å². The van der Waals surface area contributed by atoms with Gasteiger partial charge >= 0.3 is 0 Å². The van der Waals surface area contributed by atoms with Gasteiger partial charge in [-0.1, -0.05) is 60.7 Å². The Labute approximate surface area is 118 Å². The zero-order valence-corrected chi connectivity index (χ0v) is 11.4. The van der Waals surface area contributed by atoms with Crippen LogP contribution in [0.2, 0.25) is 0 Å². The molecule has 0 spiro atoms. The van der Waals surface area contributed by atoms with E-state index in [-0.39, 0.29) is 5.91 Å². The third-order valence-corrected chi connectivity index (χ3v) is 3.09. The quantitative estimate of drug-likeness (QED) is 0.818. The molecule has 0 saturated carbocycles. The summed E-state index contributed by atoms with van der Waals surface area (Å²) in [5.41, 5.74) is 9.06. The van der Waals surface area contributed by atoms with Crippen molar-refractivity contribution in [1.82, 2.24) is 5.48 Å². The molecule has 4 nitrogen and oxygen atoms in total. The maximum atomic E-state index is 12.1. The molecule has 20 heavy (non-hydrogen) atoms. The summed E-state index contributed by atoms with van der Waals surface area (Å²) in [7, 11) is 0. The highest BCUT2D eigenvalue weighted by Gasteiger charge is 2.30. The van der Waals surface area contributed by atoms with Gasteiger partial charge in [-0.05, 0) is 18.1 Å². The maximum absolute atomic E-state index is 12.1. The van der Waals surface area contributed by atoms with Gasteiger partial charge in [-0.2, -0.15) is 0 Å². The lowest BCUT2D eigenvalue weighted by molar-refractivity contribution is -0.140. The highest BCUT2D eigenvalue weighted by Crippen LogP contribution is 2.17. The van der Waals surface area contributed by atoms with E-state index < -0.39 is 5.54 Å². The Hall–Kier alpha value is -2.17. The fourth-order valence-corrected chi connectivity index (χ4v) is 1.78. The van der Waals surface area contributed by atoms with Crippen LogP contribution in [0.15, 0.2) is 60.7 Å². The van der Waals surface area contributed by atoms with Crippen LogP contribution in [0.25, 0.3) is 0 Å². The highest BCUT2D eigenvalue weighted by molar-refractivity contribution is 5.86. The maximum Gasteiger partial charge on any atom is 0.267 e. The van der Waals surface area contributed by atoms with Gasteiger partial charge in [0, 0.05) is 0 Å². The molecular formula is C16H18N2O2. The molecule has 104 valence electrons. The van der Waals surface area contributed by atoms with Gasteiger partial charge in [0.15, 0.2) is 0 Å². The van der Waals surface area contributed by atoms with Crippen LogP contribution in [0.1, 0.15) is 18.1 Å². The van der Waals surface area contributed by atoms with Crippen LogP contribution in [0.5, 0.6) is 0 Å². The third-order valence-electron chi connectivity index (χ3n) is 3.09. The summed E-state index contributed by atoms with van der Waals surface area (Å²) in [6.07, 6.45) is 0. The van der Waals surface area contributed by atoms with Gasteiger partial charge in [0.05, 0.1) is 6.61 Å². The lowest BCUT2D eigenvalue weighted by Crippen LogP contribution is -2.48. The molecule has 3 N–H and O–H groups in total. The van der Waals surface area contributed by atoms with E-state index in [4.69, 9.17) is 10.6 Å². The lowest BCUT2D eigenvalue weighted by Gasteiger charge is -2.23. The average molecular weight is 270 g/mol. The fourth-order valence-electron chi connectivity index (χ4n) is 1.78. The molecule has 2 rings (SSSR count). The Bertz CT molecular complexity index is 553. The summed E-state index contributed by atoms with van der Waals surface area (Å²) in [4.78, 5) is 17.3. The minimum Gasteiger partial charge on any atom is -0.314 e. The van der Waals surface area contributed by atoms with Crippen molar-refractivity contribution < 1.29 is 9.63 Å². The predicted molar refractivity (Wildman–Crippen MR) is 77.4 cm³/mol. The molecule has 4 heteroatoms. The average Bonchev–Trinajstić information content (AvgIpc) is 2.49. The molecule has 1 unspecified atom stereocenters. The molecule has 0 aliphatic carbocycles. The second-order valence-electron chi connectivity index (χ2n) is 4.77. The van der Waals surface area contributed by atoms with E-state index in [1.165, 1.54) is 0 Å². The van der Waals surface area contributed by atoms with E-state index >= 15 is 0 Å². The van der Waals surface area contributed by atoms with Crippen molar-refractivity contribution in [1.29, 1.82) is 0 Å². The second-order valence-corrected chi connectivity index (χ2v) is 4.77. The topological polar surface area (TPSA) is 64.4 Å². The van der Waals surface area contributed by atoms with Crippen LogP contribution in [0.3, 0.4) is 0 Å². The molecule has 0 bridgehead atoms. The zero-order chi connectivity index (χ0) is 14.4. The van der Waals surface area contributed by atoms with Crippen molar-refractivity contribution >= 4 is 5.91 Å². The first-order valence-corrected chi connectivity index (χ1v) is 6.41. The molecule has 0 aliphatic rings. The first kappa shape index (κ1) is 14.2. The van der Waals surface area contributed by atoms with Crippen LogP contribution in [-0.2, 0) is 21.8 Å². The highest BCUT2D eigenvalue weighted by atomic mass is 16.6. The summed E-state index contributed by atoms with van der Waals surface area (Å²) in [6, 6.07) is 18.8. The van der Waals surface area contributed by atoms with Crippen LogP contribution >= 0.6 is 0 Å². The van der Waals surface area contributed by atoms with Crippen LogP contribution < -0.4 is 11.2 Å². The van der Waals surface area contributed by atoms with Gasteiger partial charge in [0.2, 0.25) is 0 Å². The molecular weight excluding hydrogens is 252 g/mol. The number of rotatable bonds is 5. The number of nitrogens with two attached hydrogens (primary N) is 1. The summed E-state index contributed by atoms with van der Waals surface area (Å²) in [6.45, 7) is 1.96. The molecule has 1 atom stereocenters. The van der Waals surface area contributed by atoms with E-state index in [1.54, 1.807) is 6.92 Å². The normalized spacial score (nSPS) is 13.5. The van der Waals surface area contributed by atoms with Gasteiger partial charge in [-0.25, -0.2) is 5.48 Å². The number of nitrogens with one attached hydrogen (secondary N) is 1. The Kier molecular flexibility index (Phi) is 4.50. The van der Waals surface area contributed by atoms with Crippen molar-refractivity contribution in [2.24, 2.45) is 5.73 Å². The van der Waals surface area contributed by atoms with Crippen molar-refractivity contribution in [3.63, 3.8) is 0 Å². The Morgan fingerprint density at radius 3 is 2.25 bits per heavy atom. The van der Waals surface area contributed by atoms with Gasteiger partial charge in [-0.15, -0.1) is 0 Å². The predicted octanol–water partition coefficient (Wildman–Crippen LogP) is 2.11. The number of carbonyl (C=O) groups is 1. The molecule has 0 heterocycles. The first-order valence-electron chi connectivity index (χ1n) is 6.41. The van der Waals surface area contributed by atoms with Crippen molar-refractivity contribution in [3.05, 3.63) is 71.8 Å². The summed E-state index contributed by atoms with van der Waals surface area (Å²) in [5.74, 6) is -0.375. The Morgan fingerprint density at radius 1 is 1.10 bits per heavy atom. The van der Waals surface area contributed by atoms with Gasteiger partial charge in [0.1, 0.15) is 5.54 Å². The van der Waals surface area contributed by atoms with Crippen LogP contribution in [0, 0.1) is 0 Å². The van der Waals surface area contributed by atoms with E-state index in [2.05, 4.69) is 5.48 Å². The number of hydroxylamine groups is 1. The molecule has 0 radical (unpaired) electrons. The Balaban J connectivity index is 1.91. The van der Waals surface area contributed by atoms with E-state index in [0.717, 1.165) is 11.1 Å². The smallest absolute Gasteiger partial charge is 0.267 e.